The van der Waals surface area contributed by atoms with E-state index >= 15 is 0 Å². The van der Waals surface area contributed by atoms with Crippen LogP contribution in [-0.2, 0) is 11.3 Å². The number of hydrogen-bond donors (Lipinski definition) is 3. The largest absolute Gasteiger partial charge is 0.508 e. The molecule has 0 aliphatic rings. The Morgan fingerprint density at radius 3 is 2.48 bits per heavy atom. The van der Waals surface area contributed by atoms with Crippen LogP contribution in [0, 0.1) is 11.7 Å². The molecule has 1 aromatic rings. The summed E-state index contributed by atoms with van der Waals surface area (Å²) in [5.74, 6) is -0.323. The van der Waals surface area contributed by atoms with Crippen LogP contribution in [0.1, 0.15) is 40.2 Å². The first-order valence-electron chi connectivity index (χ1n) is 7.75. The average Bonchev–Trinajstić information content (AvgIpc) is 2.34. The van der Waals surface area contributed by atoms with Gasteiger partial charge in [-0.25, -0.2) is 9.18 Å². The third kappa shape index (κ3) is 7.83. The van der Waals surface area contributed by atoms with Gasteiger partial charge in [-0.2, -0.15) is 0 Å². The Hall–Kier alpha value is -1.82. The zero-order valence-corrected chi connectivity index (χ0v) is 14.4. The Labute approximate surface area is 137 Å². The van der Waals surface area contributed by atoms with Crippen molar-refractivity contribution < 1.29 is 19.0 Å². The number of nitrogens with one attached hydrogen (secondary N) is 2. The fourth-order valence-electron chi connectivity index (χ4n) is 2.04. The Morgan fingerprint density at radius 2 is 1.96 bits per heavy atom. The van der Waals surface area contributed by atoms with Crippen molar-refractivity contribution in [3.05, 3.63) is 29.6 Å². The van der Waals surface area contributed by atoms with E-state index in [4.69, 9.17) is 4.74 Å². The third-order valence-electron chi connectivity index (χ3n) is 3.18. The quantitative estimate of drug-likeness (QED) is 0.751. The average molecular weight is 326 g/mol. The number of amides is 1. The minimum Gasteiger partial charge on any atom is -0.508 e. The maximum atomic E-state index is 13.3. The van der Waals surface area contributed by atoms with Crippen LogP contribution in [0.3, 0.4) is 0 Å². The van der Waals surface area contributed by atoms with E-state index in [1.165, 1.54) is 12.1 Å². The molecule has 0 aliphatic heterocycles. The predicted molar refractivity (Wildman–Crippen MR) is 87.8 cm³/mol. The molecule has 1 aromatic carbocycles. The summed E-state index contributed by atoms with van der Waals surface area (Å²) >= 11 is 0. The van der Waals surface area contributed by atoms with E-state index < -0.39 is 17.5 Å². The number of halogens is 1. The highest BCUT2D eigenvalue weighted by atomic mass is 19.1. The number of phenols is 1. The lowest BCUT2D eigenvalue weighted by molar-refractivity contribution is 0.0519. The van der Waals surface area contributed by atoms with Gasteiger partial charge in [0.25, 0.3) is 0 Å². The van der Waals surface area contributed by atoms with Gasteiger partial charge in [-0.05, 0) is 44.4 Å². The first-order valence-corrected chi connectivity index (χ1v) is 7.75. The van der Waals surface area contributed by atoms with Crippen LogP contribution in [0.15, 0.2) is 18.2 Å². The standard InChI is InChI=1S/C17H27FN2O3/c1-11(2)15(10-20-16(22)23-17(3,4)5)19-9-12-6-13(18)8-14(21)7-12/h6-8,11,15,19,21H,9-10H2,1-5H3,(H,20,22). The molecule has 1 rings (SSSR count). The van der Waals surface area contributed by atoms with Gasteiger partial charge in [0.1, 0.15) is 17.2 Å². The second-order valence-electron chi connectivity index (χ2n) is 6.93. The minimum atomic E-state index is -0.538. The number of carbonyl (C=O) groups excluding carboxylic acids is 1. The van der Waals surface area contributed by atoms with Crippen molar-refractivity contribution in [1.82, 2.24) is 10.6 Å². The van der Waals surface area contributed by atoms with E-state index in [0.717, 1.165) is 6.07 Å². The summed E-state index contributed by atoms with van der Waals surface area (Å²) in [5, 5.41) is 15.4. The summed E-state index contributed by atoms with van der Waals surface area (Å²) in [6.45, 7) is 10.3. The summed E-state index contributed by atoms with van der Waals surface area (Å²) in [6, 6.07) is 3.93. The lowest BCUT2D eigenvalue weighted by Gasteiger charge is -2.25. The van der Waals surface area contributed by atoms with Gasteiger partial charge in [0.05, 0.1) is 0 Å². The molecule has 130 valence electrons. The minimum absolute atomic E-state index is 0.00655. The maximum Gasteiger partial charge on any atom is 0.407 e. The lowest BCUT2D eigenvalue weighted by atomic mass is 10.0. The highest BCUT2D eigenvalue weighted by Crippen LogP contribution is 2.15. The fraction of sp³-hybridized carbons (Fsp3) is 0.588. The van der Waals surface area contributed by atoms with Gasteiger partial charge in [0.15, 0.2) is 0 Å². The number of phenolic OH excluding ortho intramolecular Hbond substituents is 1. The van der Waals surface area contributed by atoms with E-state index in [1.54, 1.807) is 20.8 Å². The number of aromatic hydroxyl groups is 1. The van der Waals surface area contributed by atoms with Gasteiger partial charge in [0.2, 0.25) is 0 Å². The number of alkyl carbamates (subject to hydrolysis) is 1. The highest BCUT2D eigenvalue weighted by Gasteiger charge is 2.19. The number of rotatable bonds is 6. The van der Waals surface area contributed by atoms with Gasteiger partial charge in [0, 0.05) is 25.2 Å². The van der Waals surface area contributed by atoms with Crippen LogP contribution in [0.2, 0.25) is 0 Å². The third-order valence-corrected chi connectivity index (χ3v) is 3.18. The Morgan fingerprint density at radius 1 is 1.30 bits per heavy atom. The van der Waals surface area contributed by atoms with Crippen molar-refractivity contribution in [1.29, 1.82) is 0 Å². The van der Waals surface area contributed by atoms with E-state index in [1.807, 2.05) is 13.8 Å². The Bertz CT molecular complexity index is 507. The summed E-state index contributed by atoms with van der Waals surface area (Å²) in [7, 11) is 0. The van der Waals surface area contributed by atoms with Gasteiger partial charge in [-0.3, -0.25) is 0 Å². The van der Waals surface area contributed by atoms with Crippen molar-refractivity contribution >= 4 is 6.09 Å². The van der Waals surface area contributed by atoms with Crippen molar-refractivity contribution in [2.75, 3.05) is 6.54 Å². The maximum absolute atomic E-state index is 13.3. The molecule has 0 spiro atoms. The van der Waals surface area contributed by atoms with Crippen LogP contribution in [0.25, 0.3) is 0 Å². The zero-order valence-electron chi connectivity index (χ0n) is 14.4. The molecule has 3 N–H and O–H groups in total. The smallest absolute Gasteiger partial charge is 0.407 e. The van der Waals surface area contributed by atoms with E-state index in [2.05, 4.69) is 10.6 Å². The lowest BCUT2D eigenvalue weighted by Crippen LogP contribution is -2.45. The van der Waals surface area contributed by atoms with Gasteiger partial charge in [-0.1, -0.05) is 13.8 Å². The topological polar surface area (TPSA) is 70.6 Å². The van der Waals surface area contributed by atoms with Crippen LogP contribution < -0.4 is 10.6 Å². The molecule has 0 fully saturated rings. The molecule has 6 heteroatoms. The molecule has 1 atom stereocenters. The fourth-order valence-corrected chi connectivity index (χ4v) is 2.04. The molecule has 0 aliphatic carbocycles. The molecule has 0 saturated heterocycles. The molecule has 5 nitrogen and oxygen atoms in total. The summed E-state index contributed by atoms with van der Waals surface area (Å²) in [4.78, 5) is 11.7. The molecule has 0 aromatic heterocycles. The van der Waals surface area contributed by atoms with Crippen molar-refractivity contribution in [3.63, 3.8) is 0 Å². The molecular formula is C17H27FN2O3. The molecule has 0 heterocycles. The highest BCUT2D eigenvalue weighted by molar-refractivity contribution is 5.67. The molecular weight excluding hydrogens is 299 g/mol. The second-order valence-corrected chi connectivity index (χ2v) is 6.93. The zero-order chi connectivity index (χ0) is 17.6. The van der Waals surface area contributed by atoms with Gasteiger partial charge < -0.3 is 20.5 Å². The van der Waals surface area contributed by atoms with Crippen LogP contribution >= 0.6 is 0 Å². The first-order chi connectivity index (χ1) is 10.6. The van der Waals surface area contributed by atoms with Crippen LogP contribution in [0.5, 0.6) is 5.75 Å². The van der Waals surface area contributed by atoms with Crippen LogP contribution in [0.4, 0.5) is 9.18 Å². The van der Waals surface area contributed by atoms with Gasteiger partial charge >= 0.3 is 6.09 Å². The predicted octanol–water partition coefficient (Wildman–Crippen LogP) is 3.17. The number of benzene rings is 1. The SMILES string of the molecule is CC(C)C(CNC(=O)OC(C)(C)C)NCc1cc(O)cc(F)c1. The number of hydrogen-bond acceptors (Lipinski definition) is 4. The second kappa shape index (κ2) is 8.15. The molecule has 0 bridgehead atoms. The molecule has 0 saturated carbocycles. The van der Waals surface area contributed by atoms with Crippen molar-refractivity contribution in [3.8, 4) is 5.75 Å². The van der Waals surface area contributed by atoms with E-state index in [-0.39, 0.29) is 17.7 Å². The molecule has 23 heavy (non-hydrogen) atoms. The monoisotopic (exact) mass is 326 g/mol. The number of ether oxygens (including phenoxy) is 1. The molecule has 0 radical (unpaired) electrons. The molecule has 1 amide bonds. The summed E-state index contributed by atoms with van der Waals surface area (Å²) in [6.07, 6.45) is -0.464. The Kier molecular flexibility index (Phi) is 6.81. The summed E-state index contributed by atoms with van der Waals surface area (Å²) < 4.78 is 18.5. The Balaban J connectivity index is 2.54. The summed E-state index contributed by atoms with van der Waals surface area (Å²) in [5.41, 5.74) is 0.106. The molecule has 1 unspecified atom stereocenters. The van der Waals surface area contributed by atoms with Crippen LogP contribution in [-0.4, -0.2) is 29.4 Å². The van der Waals surface area contributed by atoms with Crippen molar-refractivity contribution in [2.24, 2.45) is 5.92 Å². The van der Waals surface area contributed by atoms with E-state index in [9.17, 15) is 14.3 Å². The van der Waals surface area contributed by atoms with Gasteiger partial charge in [-0.15, -0.1) is 0 Å². The number of carbonyl (C=O) groups is 1. The van der Waals surface area contributed by atoms with E-state index in [0.29, 0.717) is 18.7 Å². The first kappa shape index (κ1) is 19.2. The normalized spacial score (nSPS) is 13.0. The van der Waals surface area contributed by atoms with Crippen molar-refractivity contribution in [2.45, 2.75) is 52.8 Å².